The molecule has 22 heavy (non-hydrogen) atoms. The normalized spacial score (nSPS) is 17.6. The van der Waals surface area contributed by atoms with Crippen LogP contribution in [-0.2, 0) is 4.79 Å². The number of likely N-dealkylation sites (N-methyl/N-ethyl adjacent to an activating group) is 1. The van der Waals surface area contributed by atoms with Crippen molar-refractivity contribution in [3.05, 3.63) is 0 Å². The van der Waals surface area contributed by atoms with E-state index in [2.05, 4.69) is 37.9 Å². The Morgan fingerprint density at radius 1 is 1.00 bits per heavy atom. The van der Waals surface area contributed by atoms with Gasteiger partial charge in [0.25, 0.3) is 0 Å². The lowest BCUT2D eigenvalue weighted by Gasteiger charge is -2.34. The number of imide groups is 1. The maximum absolute atomic E-state index is 12.4. The van der Waals surface area contributed by atoms with Crippen molar-refractivity contribution in [1.29, 1.82) is 0 Å². The van der Waals surface area contributed by atoms with Crippen molar-refractivity contribution in [3.8, 4) is 0 Å². The molecular formula is C17H33N3O2. The van der Waals surface area contributed by atoms with Gasteiger partial charge in [0.1, 0.15) is 0 Å². The number of carbonyl (C=O) groups excluding carboxylic acids is 2. The molecule has 1 atom stereocenters. The van der Waals surface area contributed by atoms with Crippen LogP contribution in [0.4, 0.5) is 4.79 Å². The lowest BCUT2D eigenvalue weighted by molar-refractivity contribution is -0.124. The van der Waals surface area contributed by atoms with E-state index in [-0.39, 0.29) is 17.9 Å². The van der Waals surface area contributed by atoms with Crippen molar-refractivity contribution in [2.24, 2.45) is 11.8 Å². The highest BCUT2D eigenvalue weighted by Crippen LogP contribution is 2.17. The number of amides is 3. The predicted molar refractivity (Wildman–Crippen MR) is 89.7 cm³/mol. The van der Waals surface area contributed by atoms with Crippen molar-refractivity contribution >= 4 is 11.9 Å². The molecule has 0 bridgehead atoms. The third-order valence-corrected chi connectivity index (χ3v) is 4.44. The second-order valence-electron chi connectivity index (χ2n) is 6.67. The first-order chi connectivity index (χ1) is 10.5. The summed E-state index contributed by atoms with van der Waals surface area (Å²) in [4.78, 5) is 28.6. The average Bonchev–Trinajstić information content (AvgIpc) is 2.51. The molecule has 5 nitrogen and oxygen atoms in total. The second kappa shape index (κ2) is 9.82. The van der Waals surface area contributed by atoms with E-state index in [1.807, 2.05) is 0 Å². The van der Waals surface area contributed by atoms with Gasteiger partial charge in [-0.15, -0.1) is 0 Å². The van der Waals surface area contributed by atoms with E-state index < -0.39 is 0 Å². The summed E-state index contributed by atoms with van der Waals surface area (Å²) in [7, 11) is 0. The first-order valence-corrected chi connectivity index (χ1v) is 8.80. The lowest BCUT2D eigenvalue weighted by atomic mass is 9.93. The zero-order chi connectivity index (χ0) is 16.5. The van der Waals surface area contributed by atoms with Crippen molar-refractivity contribution in [2.45, 2.75) is 53.4 Å². The van der Waals surface area contributed by atoms with E-state index >= 15 is 0 Å². The molecule has 5 heteroatoms. The monoisotopic (exact) mass is 311 g/mol. The maximum atomic E-state index is 12.4. The van der Waals surface area contributed by atoms with Gasteiger partial charge >= 0.3 is 6.03 Å². The van der Waals surface area contributed by atoms with Gasteiger partial charge in [-0.25, -0.2) is 4.79 Å². The SMILES string of the molecule is CCC[C@@H](CCC(C)C)C(=O)NC(=O)N1CCN(CC)CC1. The minimum Gasteiger partial charge on any atom is -0.322 e. The van der Waals surface area contributed by atoms with Crippen LogP contribution in [0.2, 0.25) is 0 Å². The highest BCUT2D eigenvalue weighted by atomic mass is 16.2. The number of rotatable bonds is 7. The number of carbonyl (C=O) groups is 2. The van der Waals surface area contributed by atoms with Crippen LogP contribution in [0.3, 0.4) is 0 Å². The minimum atomic E-state index is -0.216. The van der Waals surface area contributed by atoms with Gasteiger partial charge in [0, 0.05) is 32.1 Å². The van der Waals surface area contributed by atoms with Crippen LogP contribution in [0.15, 0.2) is 0 Å². The number of urea groups is 1. The summed E-state index contributed by atoms with van der Waals surface area (Å²) in [5, 5.41) is 2.62. The van der Waals surface area contributed by atoms with Gasteiger partial charge in [-0.1, -0.05) is 40.5 Å². The fraction of sp³-hybridized carbons (Fsp3) is 0.882. The Kier molecular flexibility index (Phi) is 8.46. The van der Waals surface area contributed by atoms with Gasteiger partial charge in [0.05, 0.1) is 0 Å². The molecule has 3 amide bonds. The predicted octanol–water partition coefficient (Wildman–Crippen LogP) is 2.71. The largest absolute Gasteiger partial charge is 0.324 e. The fourth-order valence-corrected chi connectivity index (χ4v) is 2.84. The number of nitrogens with zero attached hydrogens (tertiary/aromatic N) is 2. The third kappa shape index (κ3) is 6.34. The van der Waals surface area contributed by atoms with Gasteiger partial charge < -0.3 is 9.80 Å². The molecule has 0 unspecified atom stereocenters. The van der Waals surface area contributed by atoms with Gasteiger partial charge in [-0.05, 0) is 25.3 Å². The van der Waals surface area contributed by atoms with E-state index in [0.717, 1.165) is 45.3 Å². The molecule has 0 aliphatic carbocycles. The van der Waals surface area contributed by atoms with Crippen LogP contribution < -0.4 is 5.32 Å². The third-order valence-electron chi connectivity index (χ3n) is 4.44. The van der Waals surface area contributed by atoms with Crippen LogP contribution in [-0.4, -0.2) is 54.5 Å². The van der Waals surface area contributed by atoms with Crippen LogP contribution >= 0.6 is 0 Å². The van der Waals surface area contributed by atoms with Gasteiger partial charge in [0.15, 0.2) is 0 Å². The maximum Gasteiger partial charge on any atom is 0.324 e. The molecule has 0 aromatic heterocycles. The van der Waals surface area contributed by atoms with Crippen molar-refractivity contribution < 1.29 is 9.59 Å². The summed E-state index contributed by atoms with van der Waals surface area (Å²) in [5.74, 6) is 0.462. The molecule has 1 rings (SSSR count). The molecule has 1 N–H and O–H groups in total. The topological polar surface area (TPSA) is 52.7 Å². The van der Waals surface area contributed by atoms with Gasteiger partial charge in [-0.2, -0.15) is 0 Å². The van der Waals surface area contributed by atoms with E-state index in [9.17, 15) is 9.59 Å². The molecule has 1 heterocycles. The Hall–Kier alpha value is -1.10. The Bertz CT molecular complexity index is 350. The molecule has 1 aliphatic heterocycles. The number of piperazine rings is 1. The standard InChI is InChI=1S/C17H33N3O2/c1-5-7-15(9-8-14(3)4)16(21)18-17(22)20-12-10-19(6-2)11-13-20/h14-15H,5-13H2,1-4H3,(H,18,21,22)/t15-/m0/s1. The summed E-state index contributed by atoms with van der Waals surface area (Å²) < 4.78 is 0. The van der Waals surface area contributed by atoms with E-state index in [4.69, 9.17) is 0 Å². The molecule has 1 aliphatic rings. The van der Waals surface area contributed by atoms with Crippen LogP contribution in [0.1, 0.15) is 53.4 Å². The first-order valence-electron chi connectivity index (χ1n) is 8.80. The number of hydrogen-bond acceptors (Lipinski definition) is 3. The zero-order valence-corrected chi connectivity index (χ0v) is 14.7. The number of nitrogens with one attached hydrogen (secondary N) is 1. The molecule has 1 fully saturated rings. The summed E-state index contributed by atoms with van der Waals surface area (Å²) in [5.41, 5.74) is 0. The Morgan fingerprint density at radius 3 is 2.14 bits per heavy atom. The Labute approximate surface area is 135 Å². The van der Waals surface area contributed by atoms with Gasteiger partial charge in [0.2, 0.25) is 5.91 Å². The van der Waals surface area contributed by atoms with E-state index in [1.54, 1.807) is 4.90 Å². The summed E-state index contributed by atoms with van der Waals surface area (Å²) in [6.45, 7) is 12.8. The van der Waals surface area contributed by atoms with E-state index in [0.29, 0.717) is 19.0 Å². The fourth-order valence-electron chi connectivity index (χ4n) is 2.84. The molecular weight excluding hydrogens is 278 g/mol. The Balaban J connectivity index is 2.44. The summed E-state index contributed by atoms with van der Waals surface area (Å²) in [6, 6.07) is -0.216. The molecule has 0 aromatic carbocycles. The summed E-state index contributed by atoms with van der Waals surface area (Å²) in [6.07, 6.45) is 3.73. The Morgan fingerprint density at radius 2 is 1.64 bits per heavy atom. The molecule has 0 aromatic rings. The molecule has 0 radical (unpaired) electrons. The molecule has 128 valence electrons. The van der Waals surface area contributed by atoms with Crippen LogP contribution in [0, 0.1) is 11.8 Å². The highest BCUT2D eigenvalue weighted by molar-refractivity contribution is 5.95. The number of hydrogen-bond donors (Lipinski definition) is 1. The molecule has 0 spiro atoms. The van der Waals surface area contributed by atoms with Crippen molar-refractivity contribution in [3.63, 3.8) is 0 Å². The van der Waals surface area contributed by atoms with Crippen LogP contribution in [0.5, 0.6) is 0 Å². The summed E-state index contributed by atoms with van der Waals surface area (Å²) >= 11 is 0. The second-order valence-corrected chi connectivity index (χ2v) is 6.67. The van der Waals surface area contributed by atoms with Crippen molar-refractivity contribution in [2.75, 3.05) is 32.7 Å². The molecule has 1 saturated heterocycles. The average molecular weight is 311 g/mol. The van der Waals surface area contributed by atoms with Gasteiger partial charge in [-0.3, -0.25) is 10.1 Å². The van der Waals surface area contributed by atoms with Crippen molar-refractivity contribution in [1.82, 2.24) is 15.1 Å². The zero-order valence-electron chi connectivity index (χ0n) is 14.7. The van der Waals surface area contributed by atoms with E-state index in [1.165, 1.54) is 0 Å². The smallest absolute Gasteiger partial charge is 0.322 e. The minimum absolute atomic E-state index is 0.0340. The first kappa shape index (κ1) is 18.9. The highest BCUT2D eigenvalue weighted by Gasteiger charge is 2.25. The molecule has 0 saturated carbocycles. The van der Waals surface area contributed by atoms with Crippen LogP contribution in [0.25, 0.3) is 0 Å². The lowest BCUT2D eigenvalue weighted by Crippen LogP contribution is -2.53. The quantitative estimate of drug-likeness (QED) is 0.786.